The first kappa shape index (κ1) is 19.6. The minimum atomic E-state index is -0.437. The molecule has 3 aromatic rings. The monoisotopic (exact) mass is 439 g/mol. The highest BCUT2D eigenvalue weighted by molar-refractivity contribution is 6.30. The van der Waals surface area contributed by atoms with Crippen LogP contribution in [0.25, 0.3) is 11.3 Å². The highest BCUT2D eigenvalue weighted by atomic mass is 35.5. The molecule has 1 saturated carbocycles. The highest BCUT2D eigenvalue weighted by Crippen LogP contribution is 2.40. The van der Waals surface area contributed by atoms with Gasteiger partial charge in [0.15, 0.2) is 11.6 Å². The first-order valence-electron chi connectivity index (χ1n) is 9.97. The molecule has 0 spiro atoms. The van der Waals surface area contributed by atoms with Crippen molar-refractivity contribution >= 4 is 34.7 Å². The van der Waals surface area contributed by atoms with Gasteiger partial charge in [-0.05, 0) is 43.2 Å². The molecule has 7 nitrogen and oxygen atoms in total. The fourth-order valence-corrected chi connectivity index (χ4v) is 3.54. The summed E-state index contributed by atoms with van der Waals surface area (Å²) >= 11 is 6.08. The number of fused-ring (bicyclic) bond motifs is 1. The Morgan fingerprint density at radius 3 is 2.94 bits per heavy atom. The number of benzene rings is 1. The second-order valence-electron chi connectivity index (χ2n) is 7.43. The van der Waals surface area contributed by atoms with E-state index in [9.17, 15) is 9.18 Å². The van der Waals surface area contributed by atoms with Crippen LogP contribution in [0, 0.1) is 5.82 Å². The number of nitrogens with one attached hydrogen (secondary N) is 3. The Hall–Kier alpha value is -3.39. The van der Waals surface area contributed by atoms with Crippen LogP contribution in [0.5, 0.6) is 5.75 Å². The minimum absolute atomic E-state index is 0.193. The zero-order valence-electron chi connectivity index (χ0n) is 16.4. The lowest BCUT2D eigenvalue weighted by atomic mass is 10.1. The molecule has 2 aromatic heterocycles. The molecule has 1 fully saturated rings. The maximum absolute atomic E-state index is 14.5. The van der Waals surface area contributed by atoms with Crippen LogP contribution in [-0.2, 0) is 0 Å². The molecule has 1 aliphatic heterocycles. The Morgan fingerprint density at radius 1 is 1.23 bits per heavy atom. The van der Waals surface area contributed by atoms with E-state index in [2.05, 4.69) is 25.9 Å². The van der Waals surface area contributed by atoms with Gasteiger partial charge in [-0.2, -0.15) is 0 Å². The Morgan fingerprint density at radius 2 is 2.10 bits per heavy atom. The molecule has 1 amide bonds. The van der Waals surface area contributed by atoms with Crippen molar-refractivity contribution in [3.05, 3.63) is 59.1 Å². The van der Waals surface area contributed by atoms with Crippen LogP contribution < -0.4 is 20.7 Å². The van der Waals surface area contributed by atoms with E-state index in [0.717, 1.165) is 12.8 Å². The van der Waals surface area contributed by atoms with Crippen LogP contribution in [0.4, 0.5) is 21.6 Å². The summed E-state index contributed by atoms with van der Waals surface area (Å²) in [5, 5.41) is 9.82. The quantitative estimate of drug-likeness (QED) is 0.547. The number of hydrogen-bond donors (Lipinski definition) is 3. The second kappa shape index (κ2) is 8.03. The Kier molecular flexibility index (Phi) is 5.07. The zero-order chi connectivity index (χ0) is 21.4. The predicted molar refractivity (Wildman–Crippen MR) is 117 cm³/mol. The molecule has 0 radical (unpaired) electrons. The fourth-order valence-electron chi connectivity index (χ4n) is 3.37. The normalized spacial score (nSPS) is 14.8. The number of hydrogen-bond acceptors (Lipinski definition) is 6. The van der Waals surface area contributed by atoms with Crippen molar-refractivity contribution in [3.8, 4) is 17.0 Å². The molecule has 158 valence electrons. The third kappa shape index (κ3) is 4.11. The van der Waals surface area contributed by atoms with Gasteiger partial charge in [0.1, 0.15) is 12.4 Å². The average Bonchev–Trinajstić information content (AvgIpc) is 3.59. The summed E-state index contributed by atoms with van der Waals surface area (Å²) in [6, 6.07) is 7.94. The Labute approximate surface area is 183 Å². The van der Waals surface area contributed by atoms with Crippen molar-refractivity contribution in [2.75, 3.05) is 23.8 Å². The molecule has 3 heterocycles. The summed E-state index contributed by atoms with van der Waals surface area (Å²) in [4.78, 5) is 21.3. The summed E-state index contributed by atoms with van der Waals surface area (Å²) in [5.74, 6) is 0.362. The van der Waals surface area contributed by atoms with Gasteiger partial charge in [-0.1, -0.05) is 11.6 Å². The van der Waals surface area contributed by atoms with E-state index < -0.39 is 5.82 Å². The predicted octanol–water partition coefficient (Wildman–Crippen LogP) is 4.38. The minimum Gasteiger partial charge on any atom is -0.486 e. The van der Waals surface area contributed by atoms with Gasteiger partial charge < -0.3 is 20.7 Å². The standard InChI is InChI=1S/C22H19ClFN5O2/c23-12-1-4-16(24)14(9-12)18-10-19(20-21(29-18)26-7-8-31-20)28-17-5-6-25-11-15(17)22(30)27-13-2-3-13/h1,4-6,9-11,13H,2-3,7-8H2,(H,27,30)(H2,25,26,28,29). The van der Waals surface area contributed by atoms with E-state index in [0.29, 0.717) is 52.4 Å². The van der Waals surface area contributed by atoms with Gasteiger partial charge in [0.25, 0.3) is 5.91 Å². The first-order valence-corrected chi connectivity index (χ1v) is 10.4. The van der Waals surface area contributed by atoms with Gasteiger partial charge in [-0.15, -0.1) is 0 Å². The summed E-state index contributed by atoms with van der Waals surface area (Å²) in [6.07, 6.45) is 5.09. The van der Waals surface area contributed by atoms with E-state index in [-0.39, 0.29) is 17.5 Å². The molecular weight excluding hydrogens is 421 g/mol. The van der Waals surface area contributed by atoms with Crippen LogP contribution in [-0.4, -0.2) is 35.1 Å². The maximum atomic E-state index is 14.5. The van der Waals surface area contributed by atoms with Crippen LogP contribution >= 0.6 is 11.6 Å². The van der Waals surface area contributed by atoms with Crippen LogP contribution in [0.15, 0.2) is 42.7 Å². The van der Waals surface area contributed by atoms with Gasteiger partial charge in [0.2, 0.25) is 0 Å². The van der Waals surface area contributed by atoms with E-state index in [1.807, 2.05) is 0 Å². The molecule has 0 bridgehead atoms. The molecule has 1 aromatic carbocycles. The van der Waals surface area contributed by atoms with Crippen molar-refractivity contribution in [1.82, 2.24) is 15.3 Å². The average molecular weight is 440 g/mol. The topological polar surface area (TPSA) is 88.2 Å². The summed E-state index contributed by atoms with van der Waals surface area (Å²) < 4.78 is 20.3. The number of halogens is 2. The van der Waals surface area contributed by atoms with Crippen molar-refractivity contribution < 1.29 is 13.9 Å². The largest absolute Gasteiger partial charge is 0.486 e. The lowest BCUT2D eigenvalue weighted by Gasteiger charge is -2.23. The summed E-state index contributed by atoms with van der Waals surface area (Å²) in [7, 11) is 0. The molecule has 9 heteroatoms. The number of rotatable bonds is 5. The molecule has 31 heavy (non-hydrogen) atoms. The van der Waals surface area contributed by atoms with E-state index in [1.165, 1.54) is 24.4 Å². The number of amides is 1. The molecule has 0 saturated heterocycles. The lowest BCUT2D eigenvalue weighted by molar-refractivity contribution is 0.0951. The molecule has 5 rings (SSSR count). The third-order valence-corrected chi connectivity index (χ3v) is 5.30. The number of nitrogens with zero attached hydrogens (tertiary/aromatic N) is 2. The Bertz CT molecular complexity index is 1170. The van der Waals surface area contributed by atoms with Crippen LogP contribution in [0.1, 0.15) is 23.2 Å². The van der Waals surface area contributed by atoms with Gasteiger partial charge in [0.05, 0.1) is 29.2 Å². The van der Waals surface area contributed by atoms with E-state index in [1.54, 1.807) is 18.3 Å². The highest BCUT2D eigenvalue weighted by Gasteiger charge is 2.26. The number of pyridine rings is 2. The van der Waals surface area contributed by atoms with E-state index >= 15 is 0 Å². The smallest absolute Gasteiger partial charge is 0.255 e. The van der Waals surface area contributed by atoms with Crippen molar-refractivity contribution in [1.29, 1.82) is 0 Å². The summed E-state index contributed by atoms with van der Waals surface area (Å²) in [5.41, 5.74) is 2.19. The lowest BCUT2D eigenvalue weighted by Crippen LogP contribution is -2.26. The molecular formula is C22H19ClFN5O2. The van der Waals surface area contributed by atoms with Crippen molar-refractivity contribution in [2.45, 2.75) is 18.9 Å². The van der Waals surface area contributed by atoms with Gasteiger partial charge in [0, 0.05) is 29.0 Å². The van der Waals surface area contributed by atoms with Crippen LogP contribution in [0.3, 0.4) is 0 Å². The first-order chi connectivity index (χ1) is 15.1. The third-order valence-electron chi connectivity index (χ3n) is 5.07. The molecule has 3 N–H and O–H groups in total. The maximum Gasteiger partial charge on any atom is 0.255 e. The molecule has 2 aliphatic rings. The number of ether oxygens (including phenoxy) is 1. The second-order valence-corrected chi connectivity index (χ2v) is 7.86. The number of carbonyl (C=O) groups excluding carboxylic acids is 1. The van der Waals surface area contributed by atoms with Gasteiger partial charge in [-0.25, -0.2) is 9.37 Å². The molecule has 1 aliphatic carbocycles. The van der Waals surface area contributed by atoms with Crippen molar-refractivity contribution in [2.24, 2.45) is 0 Å². The van der Waals surface area contributed by atoms with E-state index in [4.69, 9.17) is 16.3 Å². The molecule has 0 atom stereocenters. The number of carbonyl (C=O) groups is 1. The van der Waals surface area contributed by atoms with Gasteiger partial charge in [-0.3, -0.25) is 9.78 Å². The Balaban J connectivity index is 1.56. The van der Waals surface area contributed by atoms with Crippen LogP contribution in [0.2, 0.25) is 5.02 Å². The zero-order valence-corrected chi connectivity index (χ0v) is 17.2. The number of aromatic nitrogens is 2. The summed E-state index contributed by atoms with van der Waals surface area (Å²) in [6.45, 7) is 1.03. The fraction of sp³-hybridized carbons (Fsp3) is 0.227. The number of anilines is 3. The van der Waals surface area contributed by atoms with Gasteiger partial charge >= 0.3 is 0 Å². The SMILES string of the molecule is O=C(NC1CC1)c1cnccc1Nc1cc(-c2cc(Cl)ccc2F)nc2c1OCCN2. The molecule has 0 unspecified atom stereocenters. The van der Waals surface area contributed by atoms with Crippen molar-refractivity contribution in [3.63, 3.8) is 0 Å².